The monoisotopic (exact) mass is 462 g/mol. The van der Waals surface area contributed by atoms with E-state index in [0.717, 1.165) is 57.9 Å². The largest absolute Gasteiger partial charge is 0.356 e. The minimum Gasteiger partial charge on any atom is -0.356 e. The van der Waals surface area contributed by atoms with Crippen molar-refractivity contribution in [1.82, 2.24) is 24.7 Å². The van der Waals surface area contributed by atoms with Crippen molar-refractivity contribution in [2.24, 2.45) is 7.05 Å². The Morgan fingerprint density at radius 1 is 1.22 bits per heavy atom. The van der Waals surface area contributed by atoms with Crippen LogP contribution in [-0.2, 0) is 7.05 Å². The van der Waals surface area contributed by atoms with Crippen molar-refractivity contribution in [3.8, 4) is 0 Å². The maximum atomic E-state index is 6.10. The third-order valence-corrected chi connectivity index (χ3v) is 7.06. The number of halogens is 2. The molecule has 5 rings (SSSR count). The zero-order chi connectivity index (χ0) is 18.5. The van der Waals surface area contributed by atoms with Gasteiger partial charge < -0.3 is 4.90 Å². The Hall–Kier alpha value is -1.77. The van der Waals surface area contributed by atoms with E-state index in [9.17, 15) is 0 Å². The summed E-state index contributed by atoms with van der Waals surface area (Å²) in [5, 5.41) is 7.35. The van der Waals surface area contributed by atoms with Gasteiger partial charge in [-0.05, 0) is 47.0 Å². The average Bonchev–Trinajstić information content (AvgIpc) is 3.22. The topological polar surface area (TPSA) is 59.7 Å². The number of aryl methyl sites for hydroxylation is 1. The number of hydrogen-bond acceptors (Lipinski definition) is 6. The molecule has 0 saturated carbocycles. The van der Waals surface area contributed by atoms with Gasteiger partial charge in [0.1, 0.15) is 16.7 Å². The summed E-state index contributed by atoms with van der Waals surface area (Å²) in [6.07, 6.45) is 3.73. The van der Waals surface area contributed by atoms with Crippen molar-refractivity contribution in [1.29, 1.82) is 0 Å². The quantitative estimate of drug-likeness (QED) is 0.428. The summed E-state index contributed by atoms with van der Waals surface area (Å²) in [6, 6.07) is 5.94. The predicted octanol–water partition coefficient (Wildman–Crippen LogP) is 4.77. The number of rotatable bonds is 2. The Bertz CT molecular complexity index is 1150. The number of piperidine rings is 1. The smallest absolute Gasteiger partial charge is 0.164 e. The van der Waals surface area contributed by atoms with Crippen LogP contribution >= 0.6 is 38.9 Å². The van der Waals surface area contributed by atoms with Gasteiger partial charge in [-0.15, -0.1) is 11.3 Å². The summed E-state index contributed by atoms with van der Waals surface area (Å²) >= 11 is 11.4. The van der Waals surface area contributed by atoms with Crippen LogP contribution in [0.4, 0.5) is 5.82 Å². The van der Waals surface area contributed by atoms with Crippen LogP contribution in [0.2, 0.25) is 5.02 Å². The van der Waals surface area contributed by atoms with Gasteiger partial charge in [-0.3, -0.25) is 0 Å². The summed E-state index contributed by atoms with van der Waals surface area (Å²) in [4.78, 5) is 16.1. The van der Waals surface area contributed by atoms with Crippen molar-refractivity contribution in [2.75, 3.05) is 18.0 Å². The molecule has 0 N–H and O–H groups in total. The molecule has 4 heterocycles. The van der Waals surface area contributed by atoms with Gasteiger partial charge in [0.2, 0.25) is 0 Å². The standard InChI is InChI=1S/C18H16BrClN6S/c1-25-16-14(15(19)24-25)17(22-9-21-16)26-6-4-10(5-7-26)18-23-12-8-11(20)2-3-13(12)27-18/h2-3,8-10H,4-7H2,1H3. The Balaban J connectivity index is 1.40. The molecule has 6 nitrogen and oxygen atoms in total. The van der Waals surface area contributed by atoms with Crippen molar-refractivity contribution in [3.05, 3.63) is 39.2 Å². The number of anilines is 1. The van der Waals surface area contributed by atoms with E-state index in [0.29, 0.717) is 5.92 Å². The van der Waals surface area contributed by atoms with E-state index in [1.54, 1.807) is 22.3 Å². The number of thiazole rings is 1. The molecular weight excluding hydrogens is 448 g/mol. The van der Waals surface area contributed by atoms with Crippen molar-refractivity contribution < 1.29 is 0 Å². The number of benzene rings is 1. The van der Waals surface area contributed by atoms with Crippen molar-refractivity contribution in [2.45, 2.75) is 18.8 Å². The Morgan fingerprint density at radius 2 is 2.04 bits per heavy atom. The fraction of sp³-hybridized carbons (Fsp3) is 0.333. The highest BCUT2D eigenvalue weighted by Gasteiger charge is 2.26. The van der Waals surface area contributed by atoms with E-state index in [1.807, 2.05) is 19.2 Å². The number of aromatic nitrogens is 5. The molecule has 0 bridgehead atoms. The first kappa shape index (κ1) is 17.3. The fourth-order valence-corrected chi connectivity index (χ4v) is 5.57. The van der Waals surface area contributed by atoms with Gasteiger partial charge in [-0.25, -0.2) is 19.6 Å². The van der Waals surface area contributed by atoms with Gasteiger partial charge in [-0.2, -0.15) is 5.10 Å². The molecule has 9 heteroatoms. The average molecular weight is 464 g/mol. The van der Waals surface area contributed by atoms with Gasteiger partial charge >= 0.3 is 0 Å². The van der Waals surface area contributed by atoms with E-state index in [-0.39, 0.29) is 0 Å². The van der Waals surface area contributed by atoms with Crippen LogP contribution in [-0.4, -0.2) is 37.8 Å². The Kier molecular flexibility index (Phi) is 4.29. The maximum Gasteiger partial charge on any atom is 0.164 e. The molecule has 0 amide bonds. The molecule has 1 aliphatic heterocycles. The Morgan fingerprint density at radius 3 is 2.85 bits per heavy atom. The van der Waals surface area contributed by atoms with E-state index < -0.39 is 0 Å². The highest BCUT2D eigenvalue weighted by molar-refractivity contribution is 9.10. The first-order valence-corrected chi connectivity index (χ1v) is 10.7. The number of hydrogen-bond donors (Lipinski definition) is 0. The lowest BCUT2D eigenvalue weighted by Crippen LogP contribution is -2.33. The van der Waals surface area contributed by atoms with E-state index >= 15 is 0 Å². The molecular formula is C18H16BrClN6S. The molecule has 0 radical (unpaired) electrons. The normalized spacial score (nSPS) is 15.9. The first-order valence-electron chi connectivity index (χ1n) is 8.74. The molecule has 3 aromatic heterocycles. The van der Waals surface area contributed by atoms with Gasteiger partial charge in [-0.1, -0.05) is 11.6 Å². The molecule has 0 aliphatic carbocycles. The Labute approximate surface area is 173 Å². The van der Waals surface area contributed by atoms with Crippen LogP contribution in [0.5, 0.6) is 0 Å². The van der Waals surface area contributed by atoms with Crippen molar-refractivity contribution >= 4 is 65.9 Å². The summed E-state index contributed by atoms with van der Waals surface area (Å²) < 4.78 is 3.78. The molecule has 27 heavy (non-hydrogen) atoms. The summed E-state index contributed by atoms with van der Waals surface area (Å²) in [6.45, 7) is 1.88. The van der Waals surface area contributed by atoms with E-state index in [1.165, 1.54) is 9.71 Å². The molecule has 1 fully saturated rings. The lowest BCUT2D eigenvalue weighted by molar-refractivity contribution is 0.502. The third-order valence-electron chi connectivity index (χ3n) is 5.07. The van der Waals surface area contributed by atoms with Crippen LogP contribution in [0, 0.1) is 0 Å². The predicted molar refractivity (Wildman–Crippen MR) is 113 cm³/mol. The van der Waals surface area contributed by atoms with Crippen LogP contribution in [0.3, 0.4) is 0 Å². The minimum absolute atomic E-state index is 0.479. The lowest BCUT2D eigenvalue weighted by atomic mass is 9.97. The minimum atomic E-state index is 0.479. The molecule has 0 spiro atoms. The highest BCUT2D eigenvalue weighted by atomic mass is 79.9. The van der Waals surface area contributed by atoms with Crippen LogP contribution < -0.4 is 4.90 Å². The third kappa shape index (κ3) is 2.99. The second-order valence-electron chi connectivity index (χ2n) is 6.74. The second kappa shape index (κ2) is 6.68. The fourth-order valence-electron chi connectivity index (χ4n) is 3.70. The molecule has 0 unspecified atom stereocenters. The van der Waals surface area contributed by atoms with E-state index in [4.69, 9.17) is 16.6 Å². The second-order valence-corrected chi connectivity index (χ2v) is 8.99. The van der Waals surface area contributed by atoms with Crippen LogP contribution in [0.25, 0.3) is 21.3 Å². The van der Waals surface area contributed by atoms with Gasteiger partial charge in [0, 0.05) is 31.1 Å². The molecule has 138 valence electrons. The van der Waals surface area contributed by atoms with Crippen LogP contribution in [0.15, 0.2) is 29.1 Å². The van der Waals surface area contributed by atoms with Gasteiger partial charge in [0.15, 0.2) is 5.65 Å². The lowest BCUT2D eigenvalue weighted by Gasteiger charge is -2.32. The summed E-state index contributed by atoms with van der Waals surface area (Å²) in [5.41, 5.74) is 1.85. The molecule has 1 aromatic carbocycles. The van der Waals surface area contributed by atoms with Crippen molar-refractivity contribution in [3.63, 3.8) is 0 Å². The molecule has 4 aromatic rings. The highest BCUT2D eigenvalue weighted by Crippen LogP contribution is 2.37. The van der Waals surface area contributed by atoms with Crippen LogP contribution in [0.1, 0.15) is 23.8 Å². The molecule has 0 atom stereocenters. The van der Waals surface area contributed by atoms with E-state index in [2.05, 4.69) is 42.0 Å². The first-order chi connectivity index (χ1) is 13.1. The molecule has 1 aliphatic rings. The van der Waals surface area contributed by atoms with Gasteiger partial charge in [0.25, 0.3) is 0 Å². The summed E-state index contributed by atoms with van der Waals surface area (Å²) in [5.74, 6) is 1.43. The zero-order valence-electron chi connectivity index (χ0n) is 14.6. The SMILES string of the molecule is Cn1nc(Br)c2c(N3CCC(c4nc5cc(Cl)ccc5s4)CC3)ncnc21. The van der Waals surface area contributed by atoms with Gasteiger partial charge in [0.05, 0.1) is 20.6 Å². The molecule has 1 saturated heterocycles. The number of nitrogens with zero attached hydrogens (tertiary/aromatic N) is 6. The summed E-state index contributed by atoms with van der Waals surface area (Å²) in [7, 11) is 1.90. The zero-order valence-corrected chi connectivity index (χ0v) is 17.7. The number of fused-ring (bicyclic) bond motifs is 2. The maximum absolute atomic E-state index is 6.10.